The van der Waals surface area contributed by atoms with Crippen molar-refractivity contribution in [2.75, 3.05) is 18.6 Å². The summed E-state index contributed by atoms with van der Waals surface area (Å²) in [6.45, 7) is 4.03. The predicted octanol–water partition coefficient (Wildman–Crippen LogP) is 3.29. The first-order valence-electron chi connectivity index (χ1n) is 9.13. The molecule has 0 radical (unpaired) electrons. The lowest BCUT2D eigenvalue weighted by atomic mass is 9.88. The van der Waals surface area contributed by atoms with Crippen LogP contribution in [-0.2, 0) is 20.4 Å². The third-order valence-electron chi connectivity index (χ3n) is 5.65. The molecular weight excluding hydrogens is 350 g/mol. The molecular formula is C19H25N3O3S. The molecule has 0 aliphatic carbocycles. The molecule has 0 aromatic carbocycles. The highest BCUT2D eigenvalue weighted by Crippen LogP contribution is 2.38. The molecule has 2 aliphatic heterocycles. The Morgan fingerprint density at radius 2 is 2.15 bits per heavy atom. The maximum atomic E-state index is 11.7. The van der Waals surface area contributed by atoms with Crippen molar-refractivity contribution in [3.05, 3.63) is 29.6 Å². The van der Waals surface area contributed by atoms with Crippen molar-refractivity contribution in [2.24, 2.45) is 11.1 Å². The zero-order valence-corrected chi connectivity index (χ0v) is 16.2. The molecule has 3 atom stereocenters. The number of H-pyrrole nitrogens is 1. The van der Waals surface area contributed by atoms with E-state index in [1.54, 1.807) is 7.11 Å². The van der Waals surface area contributed by atoms with Gasteiger partial charge >= 0.3 is 0 Å². The molecule has 1 N–H and O–H groups in total. The Bertz CT molecular complexity index is 853. The zero-order chi connectivity index (χ0) is 18.3. The lowest BCUT2D eigenvalue weighted by molar-refractivity contribution is 0.0484. The smallest absolute Gasteiger partial charge is 0.137 e. The monoisotopic (exact) mass is 375 g/mol. The Morgan fingerprint density at radius 3 is 2.81 bits per heavy atom. The average Bonchev–Trinajstić information content (AvgIpc) is 3.20. The van der Waals surface area contributed by atoms with Crippen LogP contribution in [0.5, 0.6) is 0 Å². The van der Waals surface area contributed by atoms with Crippen molar-refractivity contribution in [2.45, 2.75) is 44.8 Å². The number of nitrogens with zero attached hydrogens (tertiary/aromatic N) is 2. The van der Waals surface area contributed by atoms with E-state index in [0.717, 1.165) is 52.2 Å². The SMILES string of the molecule is COC(c1c[nH]c2ncc([C@@H]3C(C)=NOC3C)cc12)C1CCS(=O)CC1. The summed E-state index contributed by atoms with van der Waals surface area (Å²) in [5.74, 6) is 2.05. The summed E-state index contributed by atoms with van der Waals surface area (Å²) >= 11 is 0. The van der Waals surface area contributed by atoms with E-state index < -0.39 is 10.8 Å². The van der Waals surface area contributed by atoms with Crippen LogP contribution in [0.4, 0.5) is 0 Å². The van der Waals surface area contributed by atoms with Gasteiger partial charge in [0.05, 0.1) is 17.7 Å². The Kier molecular flexibility index (Phi) is 4.84. The Morgan fingerprint density at radius 1 is 1.38 bits per heavy atom. The molecule has 4 heterocycles. The second kappa shape index (κ2) is 7.12. The number of fused-ring (bicyclic) bond motifs is 1. The highest BCUT2D eigenvalue weighted by molar-refractivity contribution is 7.85. The van der Waals surface area contributed by atoms with Gasteiger partial charge in [0.25, 0.3) is 0 Å². The lowest BCUT2D eigenvalue weighted by Crippen LogP contribution is -2.24. The predicted molar refractivity (Wildman–Crippen MR) is 103 cm³/mol. The van der Waals surface area contributed by atoms with Crippen LogP contribution < -0.4 is 0 Å². The number of methoxy groups -OCH3 is 1. The summed E-state index contributed by atoms with van der Waals surface area (Å²) in [5, 5.41) is 5.22. The fraction of sp³-hybridized carbons (Fsp3) is 0.579. The van der Waals surface area contributed by atoms with E-state index in [1.165, 1.54) is 0 Å². The van der Waals surface area contributed by atoms with Crippen molar-refractivity contribution < 1.29 is 13.8 Å². The zero-order valence-electron chi connectivity index (χ0n) is 15.4. The maximum absolute atomic E-state index is 11.7. The summed E-state index contributed by atoms with van der Waals surface area (Å²) in [4.78, 5) is 13.3. The van der Waals surface area contributed by atoms with Gasteiger partial charge in [0.15, 0.2) is 0 Å². The van der Waals surface area contributed by atoms with Gasteiger partial charge in [0.1, 0.15) is 11.8 Å². The first kappa shape index (κ1) is 17.7. The van der Waals surface area contributed by atoms with Gasteiger partial charge in [-0.3, -0.25) is 4.21 Å². The maximum Gasteiger partial charge on any atom is 0.137 e. The summed E-state index contributed by atoms with van der Waals surface area (Å²) in [5.41, 5.74) is 4.10. The second-order valence-corrected chi connectivity index (χ2v) is 8.97. The van der Waals surface area contributed by atoms with E-state index in [-0.39, 0.29) is 18.1 Å². The van der Waals surface area contributed by atoms with Crippen molar-refractivity contribution in [3.8, 4) is 0 Å². The fourth-order valence-corrected chi connectivity index (χ4v) is 5.60. The van der Waals surface area contributed by atoms with Gasteiger partial charge < -0.3 is 14.6 Å². The molecule has 2 aromatic heterocycles. The van der Waals surface area contributed by atoms with E-state index in [1.807, 2.05) is 26.2 Å². The normalized spacial score (nSPS) is 30.2. The average molecular weight is 375 g/mol. The first-order valence-corrected chi connectivity index (χ1v) is 10.6. The van der Waals surface area contributed by atoms with Crippen LogP contribution in [0, 0.1) is 5.92 Å². The van der Waals surface area contributed by atoms with Crippen LogP contribution in [0.15, 0.2) is 23.6 Å². The minimum atomic E-state index is -0.670. The number of hydrogen-bond donors (Lipinski definition) is 1. The fourth-order valence-electron chi connectivity index (χ4n) is 4.27. The minimum Gasteiger partial charge on any atom is -0.392 e. The summed E-state index contributed by atoms with van der Waals surface area (Å²) in [7, 11) is 1.09. The molecule has 1 saturated heterocycles. The van der Waals surface area contributed by atoms with Gasteiger partial charge in [0.2, 0.25) is 0 Å². The molecule has 140 valence electrons. The number of rotatable bonds is 4. The number of pyridine rings is 1. The molecule has 6 nitrogen and oxygen atoms in total. The van der Waals surface area contributed by atoms with Gasteiger partial charge in [-0.15, -0.1) is 0 Å². The van der Waals surface area contributed by atoms with Gasteiger partial charge in [-0.25, -0.2) is 4.98 Å². The van der Waals surface area contributed by atoms with Gasteiger partial charge in [-0.2, -0.15) is 0 Å². The van der Waals surface area contributed by atoms with Crippen LogP contribution in [0.3, 0.4) is 0 Å². The van der Waals surface area contributed by atoms with E-state index in [4.69, 9.17) is 9.57 Å². The topological polar surface area (TPSA) is 76.6 Å². The summed E-state index contributed by atoms with van der Waals surface area (Å²) < 4.78 is 17.6. The van der Waals surface area contributed by atoms with Crippen LogP contribution in [0.1, 0.15) is 49.8 Å². The molecule has 26 heavy (non-hydrogen) atoms. The van der Waals surface area contributed by atoms with E-state index >= 15 is 0 Å². The molecule has 0 bridgehead atoms. The molecule has 2 aromatic rings. The number of nitrogens with one attached hydrogen (secondary N) is 1. The molecule has 7 heteroatoms. The second-order valence-electron chi connectivity index (χ2n) is 7.27. The molecule has 0 amide bonds. The van der Waals surface area contributed by atoms with Crippen molar-refractivity contribution in [1.82, 2.24) is 9.97 Å². The number of ether oxygens (including phenoxy) is 1. The quantitative estimate of drug-likeness (QED) is 0.890. The van der Waals surface area contributed by atoms with Crippen molar-refractivity contribution in [1.29, 1.82) is 0 Å². The van der Waals surface area contributed by atoms with Crippen LogP contribution in [0.2, 0.25) is 0 Å². The number of hydrogen-bond acceptors (Lipinski definition) is 5. The molecule has 0 saturated carbocycles. The number of oxime groups is 1. The third-order valence-corrected chi connectivity index (χ3v) is 7.03. The largest absolute Gasteiger partial charge is 0.392 e. The highest BCUT2D eigenvalue weighted by Gasteiger charge is 2.32. The number of aromatic amines is 1. The van der Waals surface area contributed by atoms with E-state index in [2.05, 4.69) is 21.2 Å². The molecule has 4 rings (SSSR count). The van der Waals surface area contributed by atoms with Gasteiger partial charge in [-0.1, -0.05) is 5.16 Å². The molecule has 2 unspecified atom stereocenters. The van der Waals surface area contributed by atoms with Crippen LogP contribution in [-0.4, -0.2) is 44.6 Å². The van der Waals surface area contributed by atoms with Gasteiger partial charge in [0, 0.05) is 52.8 Å². The first-order chi connectivity index (χ1) is 12.6. The lowest BCUT2D eigenvalue weighted by Gasteiger charge is -2.28. The van der Waals surface area contributed by atoms with Gasteiger partial charge in [-0.05, 0) is 44.2 Å². The van der Waals surface area contributed by atoms with Crippen molar-refractivity contribution >= 4 is 27.5 Å². The molecule has 1 fully saturated rings. The highest BCUT2D eigenvalue weighted by atomic mass is 32.2. The molecule has 2 aliphatic rings. The van der Waals surface area contributed by atoms with Crippen LogP contribution in [0.25, 0.3) is 11.0 Å². The summed E-state index contributed by atoms with van der Waals surface area (Å²) in [6, 6.07) is 2.19. The standard InChI is InChI=1S/C19H25N3O3S/c1-11-17(12(2)25-22-11)14-8-15-16(10-21-19(15)20-9-14)18(24-3)13-4-6-26(23)7-5-13/h8-10,12-13,17-18H,4-7H2,1-3H3,(H,20,21)/t12?,13?,17-,18?,26?/m1/s1. The minimum absolute atomic E-state index is 0.00915. The summed E-state index contributed by atoms with van der Waals surface area (Å²) in [6.07, 6.45) is 5.79. The Hall–Kier alpha value is -1.73. The van der Waals surface area contributed by atoms with Crippen LogP contribution >= 0.6 is 0 Å². The third kappa shape index (κ3) is 3.07. The Labute approximate surface area is 155 Å². The van der Waals surface area contributed by atoms with Crippen molar-refractivity contribution in [3.63, 3.8) is 0 Å². The molecule has 0 spiro atoms. The number of aromatic nitrogens is 2. The Balaban J connectivity index is 1.70. The van der Waals surface area contributed by atoms with E-state index in [0.29, 0.717) is 5.92 Å². The van der Waals surface area contributed by atoms with E-state index in [9.17, 15) is 4.21 Å².